The van der Waals surface area contributed by atoms with E-state index in [0.29, 0.717) is 27.9 Å². The van der Waals surface area contributed by atoms with E-state index in [1.807, 2.05) is 24.3 Å². The summed E-state index contributed by atoms with van der Waals surface area (Å²) in [7, 11) is 1.53. The van der Waals surface area contributed by atoms with Crippen molar-refractivity contribution < 1.29 is 19.4 Å². The lowest BCUT2D eigenvalue weighted by molar-refractivity contribution is 0.0123. The second-order valence-electron chi connectivity index (χ2n) is 6.67. The lowest BCUT2D eigenvalue weighted by atomic mass is 10.2. The molecule has 4 rings (SSSR count). The van der Waals surface area contributed by atoms with E-state index in [0.717, 1.165) is 0 Å². The highest BCUT2D eigenvalue weighted by molar-refractivity contribution is 6.09. The monoisotopic (exact) mass is 392 g/mol. The van der Waals surface area contributed by atoms with Gasteiger partial charge in [-0.05, 0) is 43.3 Å². The van der Waals surface area contributed by atoms with Crippen LogP contribution < -0.4 is 5.73 Å². The van der Waals surface area contributed by atoms with Crippen molar-refractivity contribution in [1.29, 1.82) is 0 Å². The Morgan fingerprint density at radius 3 is 2.45 bits per heavy atom. The molecule has 8 nitrogen and oxygen atoms in total. The summed E-state index contributed by atoms with van der Waals surface area (Å²) < 4.78 is 12.1. The number of nitrogen functional groups attached to an aromatic ring is 1. The maximum atomic E-state index is 12.9. The summed E-state index contributed by atoms with van der Waals surface area (Å²) in [6, 6.07) is 13.8. The number of nitrogens with zero attached hydrogens (tertiary/aromatic N) is 3. The summed E-state index contributed by atoms with van der Waals surface area (Å²) in [5, 5.41) is 9.62. The third-order valence-corrected chi connectivity index (χ3v) is 4.52. The van der Waals surface area contributed by atoms with Crippen LogP contribution in [0.1, 0.15) is 17.3 Å². The Kier molecular flexibility index (Phi) is 4.77. The number of rotatable bonds is 5. The van der Waals surface area contributed by atoms with Gasteiger partial charge in [-0.25, -0.2) is 14.8 Å². The zero-order valence-corrected chi connectivity index (χ0v) is 16.0. The molecular weight excluding hydrogens is 372 g/mol. The molecule has 148 valence electrons. The molecular formula is C21H20N4O4. The third kappa shape index (κ3) is 3.34. The quantitative estimate of drug-likeness (QED) is 0.502. The van der Waals surface area contributed by atoms with Crippen LogP contribution in [0.4, 0.5) is 5.82 Å². The van der Waals surface area contributed by atoms with Gasteiger partial charge in [0.1, 0.15) is 28.8 Å². The van der Waals surface area contributed by atoms with Gasteiger partial charge >= 0.3 is 5.97 Å². The largest absolute Gasteiger partial charge is 0.508 e. The number of anilines is 1. The first-order chi connectivity index (χ1) is 14.0. The van der Waals surface area contributed by atoms with Crippen LogP contribution in [0.15, 0.2) is 48.5 Å². The van der Waals surface area contributed by atoms with Crippen molar-refractivity contribution in [3.8, 4) is 11.4 Å². The standard InChI is InChI=1S/C21H20N4O4/c1-12(11-28-2)29-21(27)17-18-20(24-16-6-4-3-5-15(16)23-18)25(19(17)22)13-7-9-14(26)10-8-13/h3-10,12,26H,11,22H2,1-2H3. The molecule has 0 saturated heterocycles. The molecule has 0 aliphatic heterocycles. The van der Waals surface area contributed by atoms with E-state index in [-0.39, 0.29) is 23.7 Å². The van der Waals surface area contributed by atoms with Gasteiger partial charge in [0.2, 0.25) is 0 Å². The SMILES string of the molecule is COCC(C)OC(=O)c1c(N)n(-c2ccc(O)cc2)c2nc3ccccc3nc12. The molecule has 2 heterocycles. The maximum absolute atomic E-state index is 12.9. The van der Waals surface area contributed by atoms with Crippen LogP contribution in [-0.4, -0.2) is 45.4 Å². The lowest BCUT2D eigenvalue weighted by Gasteiger charge is -2.12. The number of esters is 1. The number of aromatic nitrogens is 3. The minimum Gasteiger partial charge on any atom is -0.508 e. The van der Waals surface area contributed by atoms with Gasteiger partial charge in [-0.1, -0.05) is 12.1 Å². The predicted octanol–water partition coefficient (Wildman–Crippen LogP) is 3.05. The molecule has 0 spiro atoms. The summed E-state index contributed by atoms with van der Waals surface area (Å²) in [5.74, 6) is -0.317. The van der Waals surface area contributed by atoms with E-state index in [2.05, 4.69) is 9.97 Å². The van der Waals surface area contributed by atoms with Crippen LogP contribution in [0.2, 0.25) is 0 Å². The number of hydrogen-bond acceptors (Lipinski definition) is 7. The first kappa shape index (κ1) is 18.7. The number of nitrogens with two attached hydrogens (primary N) is 1. The molecule has 0 radical (unpaired) electrons. The van der Waals surface area contributed by atoms with Gasteiger partial charge in [-0.3, -0.25) is 4.57 Å². The molecule has 3 N–H and O–H groups in total. The molecule has 0 saturated carbocycles. The van der Waals surface area contributed by atoms with Crippen LogP contribution in [0.3, 0.4) is 0 Å². The lowest BCUT2D eigenvalue weighted by Crippen LogP contribution is -2.20. The van der Waals surface area contributed by atoms with Gasteiger partial charge in [-0.2, -0.15) is 0 Å². The Bertz CT molecular complexity index is 1200. The molecule has 0 fully saturated rings. The highest BCUT2D eigenvalue weighted by atomic mass is 16.6. The zero-order chi connectivity index (χ0) is 20.5. The minimum absolute atomic E-state index is 0.119. The highest BCUT2D eigenvalue weighted by Crippen LogP contribution is 2.32. The molecule has 29 heavy (non-hydrogen) atoms. The Morgan fingerprint density at radius 1 is 1.14 bits per heavy atom. The average molecular weight is 392 g/mol. The first-order valence-corrected chi connectivity index (χ1v) is 9.05. The van der Waals surface area contributed by atoms with Crippen LogP contribution >= 0.6 is 0 Å². The first-order valence-electron chi connectivity index (χ1n) is 9.05. The normalized spacial score (nSPS) is 12.3. The number of para-hydroxylation sites is 2. The molecule has 4 aromatic rings. The number of methoxy groups -OCH3 is 1. The minimum atomic E-state index is -0.598. The number of phenolic OH excluding ortho intramolecular Hbond substituents is 1. The van der Waals surface area contributed by atoms with E-state index in [4.69, 9.17) is 15.2 Å². The van der Waals surface area contributed by atoms with Crippen LogP contribution in [0.25, 0.3) is 27.9 Å². The molecule has 2 aromatic carbocycles. The molecule has 0 aliphatic rings. The number of benzene rings is 2. The summed E-state index contributed by atoms with van der Waals surface area (Å²) >= 11 is 0. The van der Waals surface area contributed by atoms with E-state index in [9.17, 15) is 9.90 Å². The van der Waals surface area contributed by atoms with Crippen molar-refractivity contribution >= 4 is 34.0 Å². The Hall–Kier alpha value is -3.65. The molecule has 1 unspecified atom stereocenters. The highest BCUT2D eigenvalue weighted by Gasteiger charge is 2.27. The average Bonchev–Trinajstić information content (AvgIpc) is 2.98. The van der Waals surface area contributed by atoms with Crippen molar-refractivity contribution in [2.75, 3.05) is 19.5 Å². The Labute approximate surface area is 166 Å². The molecule has 0 aliphatic carbocycles. The van der Waals surface area contributed by atoms with Gasteiger partial charge in [0, 0.05) is 12.8 Å². The van der Waals surface area contributed by atoms with Gasteiger partial charge < -0.3 is 20.3 Å². The molecule has 0 bridgehead atoms. The molecule has 1 atom stereocenters. The number of aromatic hydroxyl groups is 1. The summed E-state index contributed by atoms with van der Waals surface area (Å²) in [4.78, 5) is 22.2. The van der Waals surface area contributed by atoms with Crippen molar-refractivity contribution in [1.82, 2.24) is 14.5 Å². The number of hydrogen-bond donors (Lipinski definition) is 2. The van der Waals surface area contributed by atoms with Crippen molar-refractivity contribution in [3.05, 3.63) is 54.1 Å². The van der Waals surface area contributed by atoms with Gasteiger partial charge in [-0.15, -0.1) is 0 Å². The number of carbonyl (C=O) groups excluding carboxylic acids is 1. The number of carbonyl (C=O) groups is 1. The topological polar surface area (TPSA) is 112 Å². The van der Waals surface area contributed by atoms with Gasteiger partial charge in [0.15, 0.2) is 5.65 Å². The number of fused-ring (bicyclic) bond motifs is 2. The second kappa shape index (κ2) is 7.40. The molecule has 0 amide bonds. The zero-order valence-electron chi connectivity index (χ0n) is 16.0. The Balaban J connectivity index is 1.96. The van der Waals surface area contributed by atoms with E-state index in [1.54, 1.807) is 23.6 Å². The Morgan fingerprint density at radius 2 is 1.79 bits per heavy atom. The molecule has 2 aromatic heterocycles. The maximum Gasteiger partial charge on any atom is 0.344 e. The summed E-state index contributed by atoms with van der Waals surface area (Å²) in [5.41, 5.74) is 9.26. The van der Waals surface area contributed by atoms with Crippen molar-refractivity contribution in [3.63, 3.8) is 0 Å². The van der Waals surface area contributed by atoms with E-state index in [1.165, 1.54) is 19.2 Å². The number of ether oxygens (including phenoxy) is 2. The third-order valence-electron chi connectivity index (χ3n) is 4.52. The van der Waals surface area contributed by atoms with Crippen LogP contribution in [0.5, 0.6) is 5.75 Å². The fourth-order valence-corrected chi connectivity index (χ4v) is 3.24. The van der Waals surface area contributed by atoms with E-state index < -0.39 is 12.1 Å². The van der Waals surface area contributed by atoms with Gasteiger partial charge in [0.25, 0.3) is 0 Å². The van der Waals surface area contributed by atoms with Gasteiger partial charge in [0.05, 0.1) is 17.6 Å². The van der Waals surface area contributed by atoms with Crippen molar-refractivity contribution in [2.45, 2.75) is 13.0 Å². The summed E-state index contributed by atoms with van der Waals surface area (Å²) in [6.45, 7) is 1.99. The predicted molar refractivity (Wildman–Crippen MR) is 109 cm³/mol. The van der Waals surface area contributed by atoms with Crippen LogP contribution in [0, 0.1) is 0 Å². The fourth-order valence-electron chi connectivity index (χ4n) is 3.24. The number of phenols is 1. The summed E-state index contributed by atoms with van der Waals surface area (Å²) in [6.07, 6.45) is -0.451. The smallest absolute Gasteiger partial charge is 0.344 e. The second-order valence-corrected chi connectivity index (χ2v) is 6.67. The fraction of sp³-hybridized carbons (Fsp3) is 0.190. The molecule has 8 heteroatoms. The van der Waals surface area contributed by atoms with E-state index >= 15 is 0 Å². The van der Waals surface area contributed by atoms with Crippen molar-refractivity contribution in [2.24, 2.45) is 0 Å². The van der Waals surface area contributed by atoms with Crippen LogP contribution in [-0.2, 0) is 9.47 Å².